The Hall–Kier alpha value is -1.42. The predicted octanol–water partition coefficient (Wildman–Crippen LogP) is 0.188. The molecule has 4 heteroatoms. The van der Waals surface area contributed by atoms with Crippen LogP contribution in [0.4, 0.5) is 0 Å². The molecular formula is C7H8N4. The number of hydrogen-bond acceptors (Lipinski definition) is 3. The van der Waals surface area contributed by atoms with Gasteiger partial charge in [0, 0.05) is 6.20 Å². The summed E-state index contributed by atoms with van der Waals surface area (Å²) >= 11 is 0. The number of rotatable bonds is 1. The van der Waals surface area contributed by atoms with Crippen molar-refractivity contribution in [2.45, 2.75) is 6.54 Å². The molecule has 0 fully saturated rings. The molecule has 0 unspecified atom stereocenters. The van der Waals surface area contributed by atoms with Crippen molar-refractivity contribution in [2.24, 2.45) is 5.73 Å². The molecule has 2 N–H and O–H groups in total. The molecule has 0 aliphatic carbocycles. The van der Waals surface area contributed by atoms with Gasteiger partial charge in [-0.3, -0.25) is 0 Å². The van der Waals surface area contributed by atoms with E-state index in [2.05, 4.69) is 10.1 Å². The Balaban J connectivity index is 2.76. The van der Waals surface area contributed by atoms with Crippen molar-refractivity contribution >= 4 is 5.52 Å². The smallest absolute Gasteiger partial charge is 0.144 e. The van der Waals surface area contributed by atoms with E-state index in [0.29, 0.717) is 6.54 Å². The first kappa shape index (κ1) is 6.30. The van der Waals surface area contributed by atoms with E-state index in [4.69, 9.17) is 5.73 Å². The van der Waals surface area contributed by atoms with Crippen LogP contribution in [0.25, 0.3) is 5.52 Å². The van der Waals surface area contributed by atoms with Crippen LogP contribution < -0.4 is 5.73 Å². The van der Waals surface area contributed by atoms with Gasteiger partial charge in [0.25, 0.3) is 0 Å². The summed E-state index contributed by atoms with van der Waals surface area (Å²) in [7, 11) is 0. The fraction of sp³-hybridized carbons (Fsp3) is 0.143. The molecule has 0 amide bonds. The number of nitrogens with two attached hydrogens (primary N) is 1. The third-order valence-electron chi connectivity index (χ3n) is 1.55. The summed E-state index contributed by atoms with van der Waals surface area (Å²) < 4.78 is 1.74. The quantitative estimate of drug-likeness (QED) is 0.628. The van der Waals surface area contributed by atoms with Crippen LogP contribution in [0.2, 0.25) is 0 Å². The molecule has 11 heavy (non-hydrogen) atoms. The summed E-state index contributed by atoms with van der Waals surface area (Å²) in [5.74, 6) is 0.792. The zero-order valence-electron chi connectivity index (χ0n) is 5.94. The van der Waals surface area contributed by atoms with E-state index in [0.717, 1.165) is 11.3 Å². The number of nitrogens with zero attached hydrogens (tertiary/aromatic N) is 3. The van der Waals surface area contributed by atoms with Gasteiger partial charge >= 0.3 is 0 Å². The Morgan fingerprint density at radius 1 is 1.55 bits per heavy atom. The van der Waals surface area contributed by atoms with Crippen molar-refractivity contribution in [3.05, 3.63) is 30.4 Å². The molecule has 2 aromatic heterocycles. The van der Waals surface area contributed by atoms with Crippen LogP contribution in [0.15, 0.2) is 24.5 Å². The molecule has 0 aliphatic rings. The predicted molar refractivity (Wildman–Crippen MR) is 40.9 cm³/mol. The first-order valence-electron chi connectivity index (χ1n) is 3.39. The van der Waals surface area contributed by atoms with Gasteiger partial charge in [0.1, 0.15) is 5.82 Å². The molecule has 0 radical (unpaired) electrons. The first-order chi connectivity index (χ1) is 5.42. The maximum atomic E-state index is 5.44. The van der Waals surface area contributed by atoms with Gasteiger partial charge < -0.3 is 5.73 Å². The minimum Gasteiger partial charge on any atom is -0.324 e. The average molecular weight is 148 g/mol. The molecule has 0 aliphatic heterocycles. The second kappa shape index (κ2) is 2.32. The maximum absolute atomic E-state index is 5.44. The van der Waals surface area contributed by atoms with E-state index in [1.165, 1.54) is 0 Å². The van der Waals surface area contributed by atoms with Crippen LogP contribution >= 0.6 is 0 Å². The molecule has 0 aromatic carbocycles. The van der Waals surface area contributed by atoms with Gasteiger partial charge in [-0.15, -0.1) is 0 Å². The molecule has 0 atom stereocenters. The van der Waals surface area contributed by atoms with Crippen LogP contribution in [0.5, 0.6) is 0 Å². The summed E-state index contributed by atoms with van der Waals surface area (Å²) in [6.07, 6.45) is 3.48. The summed E-state index contributed by atoms with van der Waals surface area (Å²) in [6.45, 7) is 0.422. The maximum Gasteiger partial charge on any atom is 0.144 e. The van der Waals surface area contributed by atoms with Gasteiger partial charge in [-0.05, 0) is 12.1 Å². The lowest BCUT2D eigenvalue weighted by Crippen LogP contribution is -2.04. The van der Waals surface area contributed by atoms with Crippen molar-refractivity contribution in [3.63, 3.8) is 0 Å². The summed E-state index contributed by atoms with van der Waals surface area (Å²) in [4.78, 5) is 4.09. The van der Waals surface area contributed by atoms with Crippen molar-refractivity contribution in [1.82, 2.24) is 14.6 Å². The Kier molecular flexibility index (Phi) is 1.33. The van der Waals surface area contributed by atoms with Gasteiger partial charge in [0.2, 0.25) is 0 Å². The topological polar surface area (TPSA) is 56.2 Å². The lowest BCUT2D eigenvalue weighted by molar-refractivity contribution is 0.813. The van der Waals surface area contributed by atoms with Crippen LogP contribution in [0, 0.1) is 0 Å². The normalized spacial score (nSPS) is 10.6. The average Bonchev–Trinajstić information content (AvgIpc) is 2.47. The van der Waals surface area contributed by atoms with Crippen molar-refractivity contribution < 1.29 is 0 Å². The standard InChI is InChI=1S/C7H8N4/c8-4-7-9-5-6-2-1-3-10-11(6)7/h1-3,5H,4,8H2. The molecule has 2 aromatic rings. The van der Waals surface area contributed by atoms with Crippen molar-refractivity contribution in [2.75, 3.05) is 0 Å². The number of hydrogen-bond donors (Lipinski definition) is 1. The van der Waals surface area contributed by atoms with E-state index >= 15 is 0 Å². The summed E-state index contributed by atoms with van der Waals surface area (Å²) in [5, 5.41) is 4.09. The third-order valence-corrected chi connectivity index (χ3v) is 1.55. The minimum absolute atomic E-state index is 0.422. The van der Waals surface area contributed by atoms with E-state index in [9.17, 15) is 0 Å². The summed E-state index contributed by atoms with van der Waals surface area (Å²) in [6, 6.07) is 3.82. The van der Waals surface area contributed by atoms with Crippen LogP contribution in [0.1, 0.15) is 5.82 Å². The third kappa shape index (κ3) is 0.877. The Bertz CT molecular complexity index is 365. The molecule has 56 valence electrons. The highest BCUT2D eigenvalue weighted by atomic mass is 15.3. The van der Waals surface area contributed by atoms with Gasteiger partial charge in [-0.25, -0.2) is 9.50 Å². The fourth-order valence-corrected chi connectivity index (χ4v) is 1.03. The highest BCUT2D eigenvalue weighted by Gasteiger charge is 1.99. The zero-order chi connectivity index (χ0) is 7.68. The van der Waals surface area contributed by atoms with Crippen LogP contribution in [-0.4, -0.2) is 14.6 Å². The van der Waals surface area contributed by atoms with Gasteiger partial charge in [-0.1, -0.05) is 0 Å². The van der Waals surface area contributed by atoms with Crippen LogP contribution in [0.3, 0.4) is 0 Å². The van der Waals surface area contributed by atoms with Crippen molar-refractivity contribution in [1.29, 1.82) is 0 Å². The minimum atomic E-state index is 0.422. The molecule has 4 nitrogen and oxygen atoms in total. The number of aromatic nitrogens is 3. The molecule has 2 rings (SSSR count). The molecular weight excluding hydrogens is 140 g/mol. The molecule has 0 saturated heterocycles. The second-order valence-corrected chi connectivity index (χ2v) is 2.24. The SMILES string of the molecule is NCc1ncc2cccnn12. The van der Waals surface area contributed by atoms with Crippen molar-refractivity contribution in [3.8, 4) is 0 Å². The lowest BCUT2D eigenvalue weighted by atomic mass is 10.5. The molecule has 0 spiro atoms. The monoisotopic (exact) mass is 148 g/mol. The molecule has 0 saturated carbocycles. The Morgan fingerprint density at radius 3 is 3.27 bits per heavy atom. The largest absolute Gasteiger partial charge is 0.324 e. The lowest BCUT2D eigenvalue weighted by Gasteiger charge is -1.93. The van der Waals surface area contributed by atoms with Gasteiger partial charge in [0.15, 0.2) is 0 Å². The molecule has 0 bridgehead atoms. The highest BCUT2D eigenvalue weighted by molar-refractivity contribution is 5.43. The number of imidazole rings is 1. The second-order valence-electron chi connectivity index (χ2n) is 2.24. The first-order valence-corrected chi connectivity index (χ1v) is 3.39. The fourth-order valence-electron chi connectivity index (χ4n) is 1.03. The van der Waals surface area contributed by atoms with Gasteiger partial charge in [-0.2, -0.15) is 5.10 Å². The van der Waals surface area contributed by atoms with E-state index in [1.807, 2.05) is 12.1 Å². The highest BCUT2D eigenvalue weighted by Crippen LogP contribution is 2.01. The Labute approximate surface area is 63.7 Å². The zero-order valence-corrected chi connectivity index (χ0v) is 5.94. The van der Waals surface area contributed by atoms with E-state index in [1.54, 1.807) is 16.9 Å². The molecule has 2 heterocycles. The number of fused-ring (bicyclic) bond motifs is 1. The Morgan fingerprint density at radius 2 is 2.45 bits per heavy atom. The summed E-state index contributed by atoms with van der Waals surface area (Å²) in [5.41, 5.74) is 6.42. The van der Waals surface area contributed by atoms with E-state index < -0.39 is 0 Å². The van der Waals surface area contributed by atoms with Gasteiger partial charge in [0.05, 0.1) is 18.3 Å². The van der Waals surface area contributed by atoms with Crippen LogP contribution in [-0.2, 0) is 6.54 Å². The van der Waals surface area contributed by atoms with E-state index in [-0.39, 0.29) is 0 Å².